The van der Waals surface area contributed by atoms with Crippen LogP contribution in [0.4, 0.5) is 16.2 Å². The van der Waals surface area contributed by atoms with E-state index in [1.54, 1.807) is 14.2 Å². The number of para-hydroxylation sites is 1. The molecule has 2 amide bonds. The molecule has 1 aliphatic rings. The van der Waals surface area contributed by atoms with E-state index in [2.05, 4.69) is 35.1 Å². The van der Waals surface area contributed by atoms with E-state index in [1.807, 2.05) is 30.0 Å². The van der Waals surface area contributed by atoms with E-state index in [0.717, 1.165) is 42.2 Å². The van der Waals surface area contributed by atoms with Crippen molar-refractivity contribution in [1.29, 1.82) is 0 Å². The first-order valence-corrected chi connectivity index (χ1v) is 9.97. The number of carbonyl (C=O) groups excluding carboxylic acids is 1. The number of aromatic nitrogens is 1. The molecule has 156 valence electrons. The van der Waals surface area contributed by atoms with E-state index >= 15 is 0 Å². The lowest BCUT2D eigenvalue weighted by Crippen LogP contribution is -2.50. The molecule has 1 N–H and O–H groups in total. The minimum Gasteiger partial charge on any atom is -0.495 e. The number of amides is 2. The molecule has 0 atom stereocenters. The highest BCUT2D eigenvalue weighted by molar-refractivity contribution is 5.91. The van der Waals surface area contributed by atoms with Gasteiger partial charge in [0.2, 0.25) is 5.88 Å². The molecular weight excluding hydrogens is 368 g/mol. The van der Waals surface area contributed by atoms with Crippen LogP contribution in [0.25, 0.3) is 0 Å². The summed E-state index contributed by atoms with van der Waals surface area (Å²) in [6, 6.07) is 7.87. The van der Waals surface area contributed by atoms with Crippen molar-refractivity contribution in [2.24, 2.45) is 0 Å². The molecule has 0 aliphatic carbocycles. The molecule has 0 unspecified atom stereocenters. The molecule has 0 bridgehead atoms. The van der Waals surface area contributed by atoms with Gasteiger partial charge in [0.1, 0.15) is 11.4 Å². The number of benzene rings is 1. The van der Waals surface area contributed by atoms with Gasteiger partial charge in [-0.3, -0.25) is 0 Å². The quantitative estimate of drug-likeness (QED) is 0.833. The number of urea groups is 1. The number of aryl methyl sites for hydroxylation is 3. The van der Waals surface area contributed by atoms with Gasteiger partial charge in [-0.15, -0.1) is 0 Å². The number of nitrogens with zero attached hydrogens (tertiary/aromatic N) is 3. The highest BCUT2D eigenvalue weighted by Crippen LogP contribution is 2.32. The van der Waals surface area contributed by atoms with Crippen LogP contribution in [0.15, 0.2) is 24.3 Å². The molecule has 29 heavy (non-hydrogen) atoms. The summed E-state index contributed by atoms with van der Waals surface area (Å²) in [5.74, 6) is 1.31. The second-order valence-electron chi connectivity index (χ2n) is 7.17. The third-order valence-corrected chi connectivity index (χ3v) is 5.40. The minimum atomic E-state index is -0.132. The van der Waals surface area contributed by atoms with Gasteiger partial charge in [-0.05, 0) is 43.5 Å². The van der Waals surface area contributed by atoms with E-state index in [-0.39, 0.29) is 6.03 Å². The monoisotopic (exact) mass is 398 g/mol. The predicted molar refractivity (Wildman–Crippen MR) is 115 cm³/mol. The summed E-state index contributed by atoms with van der Waals surface area (Å²) >= 11 is 0. The number of pyridine rings is 1. The van der Waals surface area contributed by atoms with Crippen molar-refractivity contribution in [3.8, 4) is 11.6 Å². The number of carbonyl (C=O) groups is 1. The molecule has 0 spiro atoms. The third-order valence-electron chi connectivity index (χ3n) is 5.40. The maximum Gasteiger partial charge on any atom is 0.322 e. The van der Waals surface area contributed by atoms with Crippen LogP contribution in [-0.4, -0.2) is 56.3 Å². The summed E-state index contributed by atoms with van der Waals surface area (Å²) in [7, 11) is 3.26. The van der Waals surface area contributed by atoms with Crippen molar-refractivity contribution in [1.82, 2.24) is 9.88 Å². The maximum absolute atomic E-state index is 12.8. The summed E-state index contributed by atoms with van der Waals surface area (Å²) in [5, 5.41) is 2.98. The number of hydrogen-bond acceptors (Lipinski definition) is 5. The molecule has 3 rings (SSSR count). The average molecular weight is 399 g/mol. The zero-order valence-corrected chi connectivity index (χ0v) is 17.9. The second kappa shape index (κ2) is 9.03. The molecule has 1 aliphatic heterocycles. The number of methoxy groups -OCH3 is 2. The smallest absolute Gasteiger partial charge is 0.322 e. The Morgan fingerprint density at radius 2 is 1.86 bits per heavy atom. The van der Waals surface area contributed by atoms with Gasteiger partial charge in [0, 0.05) is 31.9 Å². The van der Waals surface area contributed by atoms with Crippen molar-refractivity contribution in [2.75, 3.05) is 50.6 Å². The maximum atomic E-state index is 12.8. The Morgan fingerprint density at radius 3 is 2.48 bits per heavy atom. The first kappa shape index (κ1) is 20.8. The first-order valence-electron chi connectivity index (χ1n) is 9.97. The number of ether oxygens (including phenoxy) is 2. The highest BCUT2D eigenvalue weighted by atomic mass is 16.5. The van der Waals surface area contributed by atoms with Gasteiger partial charge in [-0.1, -0.05) is 19.1 Å². The van der Waals surface area contributed by atoms with E-state index in [9.17, 15) is 4.79 Å². The summed E-state index contributed by atoms with van der Waals surface area (Å²) < 4.78 is 10.9. The molecule has 7 heteroatoms. The molecule has 1 aromatic carbocycles. The molecule has 7 nitrogen and oxygen atoms in total. The normalized spacial score (nSPS) is 14.0. The number of rotatable bonds is 5. The molecule has 1 aromatic heterocycles. The summed E-state index contributed by atoms with van der Waals surface area (Å²) in [4.78, 5) is 21.4. The number of hydrogen-bond donors (Lipinski definition) is 1. The minimum absolute atomic E-state index is 0.132. The molecule has 2 heterocycles. The van der Waals surface area contributed by atoms with Crippen molar-refractivity contribution in [3.05, 3.63) is 41.1 Å². The van der Waals surface area contributed by atoms with Crippen molar-refractivity contribution in [2.45, 2.75) is 27.2 Å². The SMILES string of the molecule is CCc1cc(NC(=O)N2CCN(c3c(C)cccc3OC)CC2)c(OC)nc1C. The van der Waals surface area contributed by atoms with E-state index < -0.39 is 0 Å². The van der Waals surface area contributed by atoms with Crippen LogP contribution in [0.1, 0.15) is 23.7 Å². The predicted octanol–water partition coefficient (Wildman–Crippen LogP) is 3.63. The lowest BCUT2D eigenvalue weighted by Gasteiger charge is -2.37. The van der Waals surface area contributed by atoms with Crippen molar-refractivity contribution >= 4 is 17.4 Å². The standard InChI is InChI=1S/C22H30N4O3/c1-6-17-14-18(21(29-5)23-16(17)3)24-22(27)26-12-10-25(11-13-26)20-15(2)8-7-9-19(20)28-4/h7-9,14H,6,10-13H2,1-5H3,(H,24,27). The molecule has 1 fully saturated rings. The third kappa shape index (κ3) is 4.39. The fourth-order valence-corrected chi connectivity index (χ4v) is 3.76. The Hall–Kier alpha value is -2.96. The fourth-order valence-electron chi connectivity index (χ4n) is 3.76. The van der Waals surface area contributed by atoms with E-state index in [1.165, 1.54) is 5.56 Å². The van der Waals surface area contributed by atoms with Gasteiger partial charge < -0.3 is 24.6 Å². The lowest BCUT2D eigenvalue weighted by molar-refractivity contribution is 0.208. The highest BCUT2D eigenvalue weighted by Gasteiger charge is 2.25. The van der Waals surface area contributed by atoms with Crippen molar-refractivity contribution < 1.29 is 14.3 Å². The topological polar surface area (TPSA) is 66.9 Å². The zero-order chi connectivity index (χ0) is 21.0. The summed E-state index contributed by atoms with van der Waals surface area (Å²) in [6.45, 7) is 8.86. The Bertz CT molecular complexity index is 877. The molecule has 2 aromatic rings. The van der Waals surface area contributed by atoms with Gasteiger partial charge in [-0.25, -0.2) is 9.78 Å². The first-order chi connectivity index (χ1) is 14.0. The lowest BCUT2D eigenvalue weighted by atomic mass is 10.1. The van der Waals surface area contributed by atoms with Crippen LogP contribution in [0.5, 0.6) is 11.6 Å². The average Bonchev–Trinajstić information content (AvgIpc) is 2.74. The summed E-state index contributed by atoms with van der Waals surface area (Å²) in [5.41, 5.74) is 4.90. The number of piperazine rings is 1. The molecule has 0 radical (unpaired) electrons. The Balaban J connectivity index is 1.69. The van der Waals surface area contributed by atoms with Crippen LogP contribution >= 0.6 is 0 Å². The Kier molecular flexibility index (Phi) is 6.46. The summed E-state index contributed by atoms with van der Waals surface area (Å²) in [6.07, 6.45) is 0.850. The Labute approximate surface area is 172 Å². The van der Waals surface area contributed by atoms with E-state index in [0.29, 0.717) is 24.7 Å². The Morgan fingerprint density at radius 1 is 1.14 bits per heavy atom. The zero-order valence-electron chi connectivity index (χ0n) is 17.9. The van der Waals surface area contributed by atoms with Crippen LogP contribution in [0.3, 0.4) is 0 Å². The molecule has 0 saturated carbocycles. The van der Waals surface area contributed by atoms with Gasteiger partial charge in [0.25, 0.3) is 0 Å². The van der Waals surface area contributed by atoms with Crippen LogP contribution in [0.2, 0.25) is 0 Å². The van der Waals surface area contributed by atoms with Gasteiger partial charge in [0.15, 0.2) is 0 Å². The number of nitrogens with one attached hydrogen (secondary N) is 1. The van der Waals surface area contributed by atoms with Gasteiger partial charge in [0.05, 0.1) is 19.9 Å². The van der Waals surface area contributed by atoms with Crippen LogP contribution in [0, 0.1) is 13.8 Å². The van der Waals surface area contributed by atoms with Crippen molar-refractivity contribution in [3.63, 3.8) is 0 Å². The van der Waals surface area contributed by atoms with Crippen LogP contribution in [-0.2, 0) is 6.42 Å². The van der Waals surface area contributed by atoms with Gasteiger partial charge >= 0.3 is 6.03 Å². The van der Waals surface area contributed by atoms with E-state index in [4.69, 9.17) is 9.47 Å². The molecule has 1 saturated heterocycles. The number of anilines is 2. The van der Waals surface area contributed by atoms with Gasteiger partial charge in [-0.2, -0.15) is 0 Å². The molecular formula is C22H30N4O3. The second-order valence-corrected chi connectivity index (χ2v) is 7.17. The van der Waals surface area contributed by atoms with Crippen LogP contribution < -0.4 is 19.7 Å². The fraction of sp³-hybridized carbons (Fsp3) is 0.455. The largest absolute Gasteiger partial charge is 0.495 e.